The first-order chi connectivity index (χ1) is 18.8. The summed E-state index contributed by atoms with van der Waals surface area (Å²) in [6, 6.07) is 22.5. The van der Waals surface area contributed by atoms with Gasteiger partial charge in [-0.3, -0.25) is 4.79 Å². The normalized spacial score (nSPS) is 16.7. The topological polar surface area (TPSA) is 124 Å². The maximum Gasteiger partial charge on any atom is 0.251 e. The van der Waals surface area contributed by atoms with Crippen LogP contribution in [-0.4, -0.2) is 63.6 Å². The second-order valence-corrected chi connectivity index (χ2v) is 11.2. The molecular weight excluding hydrogens is 520 g/mol. The number of sulfone groups is 1. The van der Waals surface area contributed by atoms with Crippen molar-refractivity contribution in [1.82, 2.24) is 5.32 Å². The molecule has 0 aliphatic carbocycles. The van der Waals surface area contributed by atoms with Crippen LogP contribution in [0.1, 0.15) is 24.0 Å². The van der Waals surface area contributed by atoms with Crippen LogP contribution in [0.3, 0.4) is 0 Å². The molecule has 9 nitrogen and oxygen atoms in total. The average Bonchev–Trinajstić information content (AvgIpc) is 3.42. The number of carbonyl (C=O) groups is 1. The van der Waals surface area contributed by atoms with Gasteiger partial charge in [0.15, 0.2) is 15.4 Å². The number of amides is 1. The number of hydrogen-bond donors (Lipinski definition) is 2. The summed E-state index contributed by atoms with van der Waals surface area (Å²) in [6.45, 7) is 0.586. The van der Waals surface area contributed by atoms with Crippen molar-refractivity contribution in [2.75, 3.05) is 32.7 Å². The first-order valence-electron chi connectivity index (χ1n) is 12.6. The van der Waals surface area contributed by atoms with E-state index in [2.05, 4.69) is 10.3 Å². The molecule has 0 spiro atoms. The molecule has 0 saturated heterocycles. The summed E-state index contributed by atoms with van der Waals surface area (Å²) in [5.41, 5.74) is 0.0799. The number of aliphatic hydroxyl groups excluding tert-OH is 1. The summed E-state index contributed by atoms with van der Waals surface area (Å²) in [4.78, 5) is 18.4. The third kappa shape index (κ3) is 7.15. The van der Waals surface area contributed by atoms with Gasteiger partial charge in [0.25, 0.3) is 5.91 Å². The first-order valence-corrected chi connectivity index (χ1v) is 14.3. The molecule has 0 aromatic heterocycles. The fourth-order valence-electron chi connectivity index (χ4n) is 4.04. The zero-order chi connectivity index (χ0) is 27.7. The highest BCUT2D eigenvalue weighted by Crippen LogP contribution is 2.29. The van der Waals surface area contributed by atoms with Crippen LogP contribution < -0.4 is 14.8 Å². The van der Waals surface area contributed by atoms with Crippen molar-refractivity contribution in [2.45, 2.75) is 29.8 Å². The van der Waals surface area contributed by atoms with Crippen LogP contribution in [0.4, 0.5) is 0 Å². The highest BCUT2D eigenvalue weighted by atomic mass is 32.2. The van der Waals surface area contributed by atoms with Crippen LogP contribution in [-0.2, 0) is 25.9 Å². The Labute approximate surface area is 228 Å². The summed E-state index contributed by atoms with van der Waals surface area (Å²) in [5.74, 6) is 0.901. The largest absolute Gasteiger partial charge is 0.497 e. The molecule has 4 rings (SSSR count). The Hall–Kier alpha value is -3.89. The average molecular weight is 553 g/mol. The van der Waals surface area contributed by atoms with Gasteiger partial charge in [-0.2, -0.15) is 0 Å². The fraction of sp³-hybridized carbons (Fsp3) is 0.310. The lowest BCUT2D eigenvalue weighted by molar-refractivity contribution is -0.126. The van der Waals surface area contributed by atoms with E-state index < -0.39 is 21.3 Å². The van der Waals surface area contributed by atoms with Crippen molar-refractivity contribution in [1.29, 1.82) is 0 Å². The van der Waals surface area contributed by atoms with E-state index in [-0.39, 0.29) is 42.7 Å². The zero-order valence-electron chi connectivity index (χ0n) is 21.7. The summed E-state index contributed by atoms with van der Waals surface area (Å²) < 4.78 is 42.7. The summed E-state index contributed by atoms with van der Waals surface area (Å²) in [7, 11) is -2.07. The third-order valence-corrected chi connectivity index (χ3v) is 8.09. The lowest BCUT2D eigenvalue weighted by Crippen LogP contribution is -2.47. The van der Waals surface area contributed by atoms with Crippen molar-refractivity contribution in [3.05, 3.63) is 90.0 Å². The molecule has 1 atom stereocenters. The minimum atomic E-state index is -3.65. The van der Waals surface area contributed by atoms with Crippen LogP contribution in [0.5, 0.6) is 11.5 Å². The van der Waals surface area contributed by atoms with E-state index in [0.29, 0.717) is 30.1 Å². The molecule has 1 aliphatic rings. The Bertz CT molecular complexity index is 1380. The zero-order valence-corrected chi connectivity index (χ0v) is 22.5. The van der Waals surface area contributed by atoms with Gasteiger partial charge in [-0.25, -0.2) is 13.4 Å². The van der Waals surface area contributed by atoms with E-state index >= 15 is 0 Å². The molecule has 10 heteroatoms. The molecule has 0 fully saturated rings. The maximum absolute atomic E-state index is 13.5. The fourth-order valence-corrected chi connectivity index (χ4v) is 5.45. The molecule has 1 aliphatic heterocycles. The number of benzene rings is 3. The molecule has 1 heterocycles. The lowest BCUT2D eigenvalue weighted by Gasteiger charge is -2.23. The number of hydrogen-bond acceptors (Lipinski definition) is 8. The van der Waals surface area contributed by atoms with Crippen molar-refractivity contribution in [3.63, 3.8) is 0 Å². The maximum atomic E-state index is 13.5. The molecule has 0 saturated carbocycles. The quantitative estimate of drug-likeness (QED) is 0.312. The van der Waals surface area contributed by atoms with E-state index in [0.717, 1.165) is 5.56 Å². The molecule has 1 amide bonds. The number of aliphatic imine (C=N–C) groups is 1. The Morgan fingerprint density at radius 3 is 2.38 bits per heavy atom. The number of ether oxygens (including phenoxy) is 3. The van der Waals surface area contributed by atoms with Gasteiger partial charge in [0.2, 0.25) is 5.90 Å². The van der Waals surface area contributed by atoms with E-state index in [1.165, 1.54) is 12.1 Å². The Morgan fingerprint density at radius 1 is 1.03 bits per heavy atom. The van der Waals surface area contributed by atoms with Gasteiger partial charge < -0.3 is 24.6 Å². The molecule has 0 unspecified atom stereocenters. The molecule has 0 radical (unpaired) electrons. The summed E-state index contributed by atoms with van der Waals surface area (Å²) >= 11 is 0. The molecule has 3 aromatic carbocycles. The minimum Gasteiger partial charge on any atom is -0.497 e. The lowest BCUT2D eigenvalue weighted by atomic mass is 9.97. The molecule has 206 valence electrons. The number of aliphatic hydroxyl groups is 1. The van der Waals surface area contributed by atoms with Crippen LogP contribution in [0.25, 0.3) is 0 Å². The Morgan fingerprint density at radius 2 is 1.72 bits per heavy atom. The SMILES string of the molecule is COc1ccc(CNC(=O)[C@@]2(CCS(=O)(=O)c3ccccc3)COC(c3ccc(OCCCO)cc3)=N2)cc1. The number of methoxy groups -OCH3 is 1. The second kappa shape index (κ2) is 12.8. The monoisotopic (exact) mass is 552 g/mol. The summed E-state index contributed by atoms with van der Waals surface area (Å²) in [6.07, 6.45) is 0.474. The van der Waals surface area contributed by atoms with Crippen LogP contribution >= 0.6 is 0 Å². The van der Waals surface area contributed by atoms with Gasteiger partial charge in [-0.1, -0.05) is 30.3 Å². The van der Waals surface area contributed by atoms with Crippen LogP contribution in [0, 0.1) is 0 Å². The van der Waals surface area contributed by atoms with Crippen molar-refractivity contribution in [3.8, 4) is 11.5 Å². The van der Waals surface area contributed by atoms with E-state index in [4.69, 9.17) is 19.3 Å². The standard InChI is InChI=1S/C29H32N2O7S/c1-36-24-12-8-22(9-13-24)20-30-28(33)29(16-19-39(34,35)26-6-3-2-4-7-26)21-38-27(31-29)23-10-14-25(15-11-23)37-18-5-17-32/h2-4,6-15,32H,5,16-21H2,1H3,(H,30,33)/t29-/m1/s1. The number of carbonyl (C=O) groups excluding carboxylic acids is 1. The number of nitrogens with zero attached hydrogens (tertiary/aromatic N) is 1. The van der Waals surface area contributed by atoms with Crippen LogP contribution in [0.2, 0.25) is 0 Å². The predicted octanol–water partition coefficient (Wildman–Crippen LogP) is 3.15. The van der Waals surface area contributed by atoms with Gasteiger partial charge in [-0.15, -0.1) is 0 Å². The van der Waals surface area contributed by atoms with Crippen molar-refractivity contribution >= 4 is 21.6 Å². The Balaban J connectivity index is 1.54. The van der Waals surface area contributed by atoms with Gasteiger partial charge >= 0.3 is 0 Å². The van der Waals surface area contributed by atoms with Gasteiger partial charge in [0.1, 0.15) is 18.1 Å². The van der Waals surface area contributed by atoms with Gasteiger partial charge in [0.05, 0.1) is 24.4 Å². The first kappa shape index (κ1) is 28.1. The molecule has 2 N–H and O–H groups in total. The predicted molar refractivity (Wildman–Crippen MR) is 147 cm³/mol. The molecule has 39 heavy (non-hydrogen) atoms. The van der Waals surface area contributed by atoms with Crippen LogP contribution in [0.15, 0.2) is 88.8 Å². The smallest absolute Gasteiger partial charge is 0.251 e. The summed E-state index contributed by atoms with van der Waals surface area (Å²) in [5, 5.41) is 11.8. The molecular formula is C29H32N2O7S. The molecule has 3 aromatic rings. The Kier molecular flexibility index (Phi) is 9.21. The highest BCUT2D eigenvalue weighted by molar-refractivity contribution is 7.91. The van der Waals surface area contributed by atoms with Crippen molar-refractivity contribution in [2.24, 2.45) is 4.99 Å². The second-order valence-electron chi connectivity index (χ2n) is 9.10. The van der Waals surface area contributed by atoms with E-state index in [1.54, 1.807) is 61.7 Å². The number of rotatable bonds is 13. The van der Waals surface area contributed by atoms with Gasteiger partial charge in [0, 0.05) is 25.1 Å². The minimum absolute atomic E-state index is 0.0470. The van der Waals surface area contributed by atoms with Crippen molar-refractivity contribution < 1.29 is 32.5 Å². The van der Waals surface area contributed by atoms with E-state index in [1.807, 2.05) is 12.1 Å². The molecule has 0 bridgehead atoms. The van der Waals surface area contributed by atoms with E-state index in [9.17, 15) is 13.2 Å². The van der Waals surface area contributed by atoms with Gasteiger partial charge in [-0.05, 0) is 60.5 Å². The highest BCUT2D eigenvalue weighted by Gasteiger charge is 2.45. The number of nitrogens with one attached hydrogen (secondary N) is 1. The third-order valence-electron chi connectivity index (χ3n) is 6.36.